The maximum absolute atomic E-state index is 12.9. The van der Waals surface area contributed by atoms with Crippen LogP contribution in [0.3, 0.4) is 0 Å². The normalized spacial score (nSPS) is 17.1. The Morgan fingerprint density at radius 3 is 1.84 bits per heavy atom. The first-order valence-electron chi connectivity index (χ1n) is 13.7. The molecule has 2 amide bonds. The predicted molar refractivity (Wildman–Crippen MR) is 153 cm³/mol. The maximum Gasteiger partial charge on any atom is 0.363 e. The molecule has 3 aromatic rings. The lowest BCUT2D eigenvalue weighted by Gasteiger charge is -2.37. The van der Waals surface area contributed by atoms with Crippen LogP contribution >= 0.6 is 0 Å². The number of hydroxylamine groups is 2. The third-order valence-corrected chi connectivity index (χ3v) is 7.40. The molecule has 12 heteroatoms. The van der Waals surface area contributed by atoms with Crippen LogP contribution in [0.1, 0.15) is 65.6 Å². The van der Waals surface area contributed by atoms with Gasteiger partial charge in [0.25, 0.3) is 11.8 Å². The monoisotopic (exact) mass is 611 g/mol. The van der Waals surface area contributed by atoms with Crippen LogP contribution in [0.2, 0.25) is 0 Å². The summed E-state index contributed by atoms with van der Waals surface area (Å²) in [4.78, 5) is 66.3. The first kappa shape index (κ1) is 29.5. The van der Waals surface area contributed by atoms with Gasteiger partial charge in [0.05, 0.1) is 5.56 Å². The molecule has 12 nitrogen and oxygen atoms in total. The Labute approximate surface area is 256 Å². The van der Waals surface area contributed by atoms with Crippen LogP contribution in [0, 0.1) is 0 Å². The number of aliphatic hydroxyl groups is 1. The molecule has 1 spiro atoms. The highest BCUT2D eigenvalue weighted by Gasteiger charge is 2.53. The van der Waals surface area contributed by atoms with E-state index in [0.717, 1.165) is 0 Å². The summed E-state index contributed by atoms with van der Waals surface area (Å²) in [6.07, 6.45) is -1.67. The average molecular weight is 612 g/mol. The fourth-order valence-electron chi connectivity index (χ4n) is 5.25. The molecule has 1 fully saturated rings. The molecule has 3 aliphatic rings. The molecule has 1 N–H and O–H groups in total. The molecule has 3 heterocycles. The second-order valence-electron chi connectivity index (χ2n) is 10.7. The molecule has 0 aliphatic carbocycles. The molecule has 1 atom stereocenters. The molecule has 3 aromatic carbocycles. The van der Waals surface area contributed by atoms with E-state index in [1.54, 1.807) is 18.2 Å². The van der Waals surface area contributed by atoms with Crippen LogP contribution in [0.15, 0.2) is 78.9 Å². The summed E-state index contributed by atoms with van der Waals surface area (Å²) in [7, 11) is 0. The number of amides is 2. The van der Waals surface area contributed by atoms with Crippen molar-refractivity contribution >= 4 is 29.7 Å². The molecule has 45 heavy (non-hydrogen) atoms. The fourth-order valence-corrected chi connectivity index (χ4v) is 5.25. The van der Waals surface area contributed by atoms with Crippen molar-refractivity contribution in [2.75, 3.05) is 0 Å². The Morgan fingerprint density at radius 2 is 1.33 bits per heavy atom. The van der Waals surface area contributed by atoms with Crippen LogP contribution in [0.4, 0.5) is 0 Å². The van der Waals surface area contributed by atoms with Crippen molar-refractivity contribution in [2.45, 2.75) is 38.6 Å². The van der Waals surface area contributed by atoms with E-state index in [0.29, 0.717) is 21.8 Å². The minimum Gasteiger partial charge on any atom is -0.456 e. The Balaban J connectivity index is 1.45. The summed E-state index contributed by atoms with van der Waals surface area (Å²) in [5.41, 5.74) is 0.317. The molecule has 0 bridgehead atoms. The summed E-state index contributed by atoms with van der Waals surface area (Å²) in [6, 6.07) is 13.5. The van der Waals surface area contributed by atoms with Gasteiger partial charge >= 0.3 is 17.9 Å². The van der Waals surface area contributed by atoms with Crippen LogP contribution in [0.25, 0.3) is 0 Å². The van der Waals surface area contributed by atoms with Crippen LogP contribution in [-0.2, 0) is 34.4 Å². The molecule has 0 saturated carbocycles. The van der Waals surface area contributed by atoms with E-state index < -0.39 is 41.6 Å². The Hall–Kier alpha value is -5.59. The minimum atomic E-state index is -1.55. The molecular formula is C33H25NO11. The molecular weight excluding hydrogens is 586 g/mol. The Bertz CT molecular complexity index is 1780. The van der Waals surface area contributed by atoms with Crippen molar-refractivity contribution in [1.29, 1.82) is 0 Å². The van der Waals surface area contributed by atoms with Gasteiger partial charge in [-0.2, -0.15) is 0 Å². The molecule has 1 saturated heterocycles. The van der Waals surface area contributed by atoms with Gasteiger partial charge < -0.3 is 28.9 Å². The number of nitrogens with zero attached hydrogens (tertiary/aromatic N) is 1. The van der Waals surface area contributed by atoms with Crippen molar-refractivity contribution < 1.29 is 52.9 Å². The number of hydrogen-bond acceptors (Lipinski definition) is 11. The van der Waals surface area contributed by atoms with Gasteiger partial charge in [-0.05, 0) is 50.2 Å². The van der Waals surface area contributed by atoms with E-state index in [9.17, 15) is 29.1 Å². The smallest absolute Gasteiger partial charge is 0.363 e. The second kappa shape index (κ2) is 10.8. The third kappa shape index (κ3) is 4.95. The maximum atomic E-state index is 12.9. The summed E-state index contributed by atoms with van der Waals surface area (Å²) < 4.78 is 23.3. The number of benzene rings is 3. The molecule has 0 radical (unpaired) electrons. The lowest BCUT2D eigenvalue weighted by molar-refractivity contribution is -0.172. The SMILES string of the molecule is C=C(C)C(=O)Oc1ccc2c(c1)Oc1cc(OC(=O)C(=C)C)ccc1C21OC(O)c2cc(C(=O)ON3C(=O)CCC3=O)ccc21. The van der Waals surface area contributed by atoms with Crippen LogP contribution < -0.4 is 14.2 Å². The van der Waals surface area contributed by atoms with Gasteiger partial charge in [-0.3, -0.25) is 9.59 Å². The van der Waals surface area contributed by atoms with Crippen molar-refractivity contribution in [1.82, 2.24) is 5.06 Å². The van der Waals surface area contributed by atoms with Crippen molar-refractivity contribution in [3.05, 3.63) is 107 Å². The lowest BCUT2D eigenvalue weighted by Crippen LogP contribution is -2.33. The van der Waals surface area contributed by atoms with Gasteiger partial charge in [0.2, 0.25) is 0 Å². The number of fused-ring (bicyclic) bond motifs is 6. The highest BCUT2D eigenvalue weighted by atomic mass is 16.7. The zero-order chi connectivity index (χ0) is 32.2. The van der Waals surface area contributed by atoms with Crippen molar-refractivity contribution in [3.8, 4) is 23.0 Å². The van der Waals surface area contributed by atoms with E-state index in [-0.39, 0.29) is 58.1 Å². The summed E-state index contributed by atoms with van der Waals surface area (Å²) >= 11 is 0. The number of imide groups is 1. The molecule has 0 aromatic heterocycles. The largest absolute Gasteiger partial charge is 0.456 e. The minimum absolute atomic E-state index is 0.0439. The summed E-state index contributed by atoms with van der Waals surface area (Å²) in [5.74, 6) is -2.84. The van der Waals surface area contributed by atoms with E-state index in [1.165, 1.54) is 50.2 Å². The van der Waals surface area contributed by atoms with Crippen molar-refractivity contribution in [2.24, 2.45) is 0 Å². The molecule has 228 valence electrons. The van der Waals surface area contributed by atoms with Gasteiger partial charge in [0.15, 0.2) is 11.9 Å². The molecule has 3 aliphatic heterocycles. The standard InChI is InChI=1S/C33H25NO11/c1-16(2)29(37)41-19-6-9-23-25(14-19)43-26-15-20(42-30(38)17(3)4)7-10-24(26)33(23)22-8-5-18(13-21(22)32(40)44-33)31(39)45-34-27(35)11-12-28(34)36/h5-10,13-15,32,40H,1,3,11-12H2,2,4H3. The van der Waals surface area contributed by atoms with Gasteiger partial charge in [0.1, 0.15) is 23.0 Å². The Morgan fingerprint density at radius 1 is 0.822 bits per heavy atom. The Kier molecular flexibility index (Phi) is 7.10. The lowest BCUT2D eigenvalue weighted by atomic mass is 9.77. The second-order valence-corrected chi connectivity index (χ2v) is 10.7. The zero-order valence-corrected chi connectivity index (χ0v) is 24.1. The number of carbonyl (C=O) groups is 5. The van der Waals surface area contributed by atoms with Gasteiger partial charge in [-0.15, -0.1) is 5.06 Å². The number of rotatable bonds is 6. The topological polar surface area (TPSA) is 155 Å². The van der Waals surface area contributed by atoms with Crippen LogP contribution in [-0.4, -0.2) is 39.9 Å². The van der Waals surface area contributed by atoms with Gasteiger partial charge in [0, 0.05) is 58.4 Å². The van der Waals surface area contributed by atoms with Crippen LogP contribution in [0.5, 0.6) is 23.0 Å². The number of esters is 2. The third-order valence-electron chi connectivity index (χ3n) is 7.40. The summed E-state index contributed by atoms with van der Waals surface area (Å²) in [5, 5.41) is 11.6. The number of hydrogen-bond donors (Lipinski definition) is 1. The highest BCUT2D eigenvalue weighted by Crippen LogP contribution is 2.59. The fraction of sp³-hybridized carbons (Fsp3) is 0.182. The number of ether oxygens (including phenoxy) is 4. The van der Waals surface area contributed by atoms with E-state index in [4.69, 9.17) is 23.8 Å². The first-order valence-corrected chi connectivity index (χ1v) is 13.7. The number of aliphatic hydroxyl groups excluding tert-OH is 1. The first-order chi connectivity index (χ1) is 21.4. The highest BCUT2D eigenvalue weighted by molar-refractivity contribution is 6.02. The quantitative estimate of drug-likeness (QED) is 0.184. The average Bonchev–Trinajstić information content (AvgIpc) is 3.47. The predicted octanol–water partition coefficient (Wildman–Crippen LogP) is 4.29. The van der Waals surface area contributed by atoms with E-state index in [1.807, 2.05) is 0 Å². The molecule has 6 rings (SSSR count). The van der Waals surface area contributed by atoms with Crippen molar-refractivity contribution in [3.63, 3.8) is 0 Å². The molecule has 1 unspecified atom stereocenters. The van der Waals surface area contributed by atoms with E-state index >= 15 is 0 Å². The van der Waals surface area contributed by atoms with Gasteiger partial charge in [-0.1, -0.05) is 19.2 Å². The van der Waals surface area contributed by atoms with E-state index in [2.05, 4.69) is 13.2 Å². The number of carbonyl (C=O) groups excluding carboxylic acids is 5. The zero-order valence-electron chi connectivity index (χ0n) is 24.1. The van der Waals surface area contributed by atoms with Gasteiger partial charge in [-0.25, -0.2) is 14.4 Å². The summed E-state index contributed by atoms with van der Waals surface area (Å²) in [6.45, 7) is 10.2.